The summed E-state index contributed by atoms with van der Waals surface area (Å²) >= 11 is 6.23. The number of hydrogen-bond acceptors (Lipinski definition) is 1. The molecule has 0 saturated carbocycles. The van der Waals surface area contributed by atoms with Gasteiger partial charge in [0.05, 0.1) is 11.4 Å². The van der Waals surface area contributed by atoms with Crippen molar-refractivity contribution in [2.45, 2.75) is 24.3 Å². The third kappa shape index (κ3) is 2.07. The summed E-state index contributed by atoms with van der Waals surface area (Å²) in [6.45, 7) is 0. The molecule has 0 aromatic heterocycles. The average molecular weight is 226 g/mol. The summed E-state index contributed by atoms with van der Waals surface area (Å²) in [4.78, 5) is 10.6. The molecule has 0 fully saturated rings. The fourth-order valence-electron chi connectivity index (χ4n) is 2.01. The zero-order chi connectivity index (χ0) is 10.8. The third-order valence-electron chi connectivity index (χ3n) is 2.74. The lowest BCUT2D eigenvalue weighted by atomic mass is 9.88. The van der Waals surface area contributed by atoms with Gasteiger partial charge in [0.15, 0.2) is 0 Å². The smallest absolute Gasteiger partial charge is 0.404 e. The minimum atomic E-state index is -1.01. The van der Waals surface area contributed by atoms with Gasteiger partial charge < -0.3 is 10.4 Å². The molecular formula is C11H12ClNO2. The van der Waals surface area contributed by atoms with Crippen LogP contribution in [0.15, 0.2) is 24.3 Å². The van der Waals surface area contributed by atoms with Crippen LogP contribution < -0.4 is 5.32 Å². The highest BCUT2D eigenvalue weighted by molar-refractivity contribution is 6.21. The molecule has 0 bridgehead atoms. The van der Waals surface area contributed by atoms with E-state index in [9.17, 15) is 4.79 Å². The van der Waals surface area contributed by atoms with Crippen molar-refractivity contribution in [1.29, 1.82) is 0 Å². The van der Waals surface area contributed by atoms with E-state index in [2.05, 4.69) is 5.32 Å². The fourth-order valence-corrected chi connectivity index (χ4v) is 2.41. The first-order valence-corrected chi connectivity index (χ1v) is 5.33. The summed E-state index contributed by atoms with van der Waals surface area (Å²) in [7, 11) is 0. The number of carbonyl (C=O) groups is 1. The minimum absolute atomic E-state index is 0.181. The van der Waals surface area contributed by atoms with Crippen molar-refractivity contribution in [2.75, 3.05) is 0 Å². The Kier molecular flexibility index (Phi) is 2.82. The number of benzene rings is 1. The number of nitrogens with one attached hydrogen (secondary N) is 1. The van der Waals surface area contributed by atoms with Gasteiger partial charge in [-0.1, -0.05) is 24.3 Å². The van der Waals surface area contributed by atoms with Crippen molar-refractivity contribution in [3.05, 3.63) is 35.4 Å². The summed E-state index contributed by atoms with van der Waals surface area (Å²) in [5.41, 5.74) is 2.27. The molecule has 80 valence electrons. The van der Waals surface area contributed by atoms with Crippen molar-refractivity contribution in [3.8, 4) is 0 Å². The first-order valence-electron chi connectivity index (χ1n) is 4.90. The van der Waals surface area contributed by atoms with Crippen molar-refractivity contribution >= 4 is 17.7 Å². The van der Waals surface area contributed by atoms with Gasteiger partial charge >= 0.3 is 6.09 Å². The Morgan fingerprint density at radius 2 is 2.20 bits per heavy atom. The van der Waals surface area contributed by atoms with E-state index in [1.54, 1.807) is 0 Å². The van der Waals surface area contributed by atoms with E-state index in [-0.39, 0.29) is 11.4 Å². The van der Waals surface area contributed by atoms with Gasteiger partial charge in [-0.25, -0.2) is 4.79 Å². The zero-order valence-electron chi connectivity index (χ0n) is 8.11. The molecule has 0 unspecified atom stereocenters. The van der Waals surface area contributed by atoms with Crippen LogP contribution in [0, 0.1) is 0 Å². The van der Waals surface area contributed by atoms with Gasteiger partial charge in [-0.2, -0.15) is 0 Å². The fraction of sp³-hybridized carbons (Fsp3) is 0.364. The molecule has 15 heavy (non-hydrogen) atoms. The van der Waals surface area contributed by atoms with Crippen LogP contribution in [0.1, 0.15) is 22.9 Å². The third-order valence-corrected chi connectivity index (χ3v) is 3.28. The molecule has 1 aliphatic carbocycles. The SMILES string of the molecule is O=C(O)N[C@@H]1CCc2ccccc2[C@H]1Cl. The number of hydrogen-bond donors (Lipinski definition) is 2. The molecule has 0 saturated heterocycles. The summed E-state index contributed by atoms with van der Waals surface area (Å²) in [5, 5.41) is 10.9. The van der Waals surface area contributed by atoms with Crippen LogP contribution in [0.25, 0.3) is 0 Å². The highest BCUT2D eigenvalue weighted by Gasteiger charge is 2.28. The van der Waals surface area contributed by atoms with Gasteiger partial charge in [0.2, 0.25) is 0 Å². The number of amides is 1. The van der Waals surface area contributed by atoms with E-state index in [4.69, 9.17) is 16.7 Å². The number of aryl methyl sites for hydroxylation is 1. The van der Waals surface area contributed by atoms with Crippen molar-refractivity contribution in [3.63, 3.8) is 0 Å². The van der Waals surface area contributed by atoms with Gasteiger partial charge in [-0.3, -0.25) is 0 Å². The maximum Gasteiger partial charge on any atom is 0.404 e. The predicted molar refractivity (Wildman–Crippen MR) is 58.3 cm³/mol. The van der Waals surface area contributed by atoms with Gasteiger partial charge in [-0.05, 0) is 24.0 Å². The van der Waals surface area contributed by atoms with Crippen molar-refractivity contribution < 1.29 is 9.90 Å². The van der Waals surface area contributed by atoms with Crippen LogP contribution in [0.3, 0.4) is 0 Å². The molecule has 2 rings (SSSR count). The van der Waals surface area contributed by atoms with E-state index >= 15 is 0 Å². The van der Waals surface area contributed by atoms with Crippen LogP contribution in [0.2, 0.25) is 0 Å². The van der Waals surface area contributed by atoms with E-state index in [0.29, 0.717) is 0 Å². The van der Waals surface area contributed by atoms with Gasteiger partial charge in [0, 0.05) is 0 Å². The van der Waals surface area contributed by atoms with E-state index in [0.717, 1.165) is 18.4 Å². The Hall–Kier alpha value is -1.22. The van der Waals surface area contributed by atoms with E-state index in [1.807, 2.05) is 24.3 Å². The number of carboxylic acid groups (broad SMARTS) is 1. The predicted octanol–water partition coefficient (Wildman–Crippen LogP) is 2.55. The Bertz CT molecular complexity index is 381. The second-order valence-corrected chi connectivity index (χ2v) is 4.17. The summed E-state index contributed by atoms with van der Waals surface area (Å²) < 4.78 is 0. The molecule has 0 heterocycles. The molecule has 2 atom stereocenters. The number of rotatable bonds is 1. The van der Waals surface area contributed by atoms with Gasteiger partial charge in [0.1, 0.15) is 0 Å². The molecular weight excluding hydrogens is 214 g/mol. The second kappa shape index (κ2) is 4.11. The van der Waals surface area contributed by atoms with Crippen molar-refractivity contribution in [1.82, 2.24) is 5.32 Å². The average Bonchev–Trinajstić information content (AvgIpc) is 2.22. The highest BCUT2D eigenvalue weighted by atomic mass is 35.5. The van der Waals surface area contributed by atoms with Crippen LogP contribution in [0.5, 0.6) is 0 Å². The maximum atomic E-state index is 10.6. The topological polar surface area (TPSA) is 49.3 Å². The standard InChI is InChI=1S/C11H12ClNO2/c12-10-8-4-2-1-3-7(8)5-6-9(10)13-11(14)15/h1-4,9-10,13H,5-6H2,(H,14,15)/t9-,10-/m1/s1. The summed E-state index contributed by atoms with van der Waals surface area (Å²) in [6, 6.07) is 7.73. The molecule has 2 N–H and O–H groups in total. The molecule has 1 aromatic rings. The van der Waals surface area contributed by atoms with Crippen LogP contribution in [-0.2, 0) is 6.42 Å². The Labute approximate surface area is 93.1 Å². The Balaban J connectivity index is 2.22. The van der Waals surface area contributed by atoms with E-state index < -0.39 is 6.09 Å². The summed E-state index contributed by atoms with van der Waals surface area (Å²) in [5.74, 6) is 0. The highest BCUT2D eigenvalue weighted by Crippen LogP contribution is 2.34. The zero-order valence-corrected chi connectivity index (χ0v) is 8.87. The number of alkyl halides is 1. The van der Waals surface area contributed by atoms with Crippen LogP contribution in [0.4, 0.5) is 4.79 Å². The molecule has 1 aliphatic rings. The molecule has 1 aromatic carbocycles. The Morgan fingerprint density at radius 3 is 2.93 bits per heavy atom. The summed E-state index contributed by atoms with van der Waals surface area (Å²) in [6.07, 6.45) is 0.631. The van der Waals surface area contributed by atoms with E-state index in [1.165, 1.54) is 5.56 Å². The number of halogens is 1. The molecule has 0 aliphatic heterocycles. The van der Waals surface area contributed by atoms with Crippen LogP contribution >= 0.6 is 11.6 Å². The lowest BCUT2D eigenvalue weighted by molar-refractivity contribution is 0.188. The molecule has 0 spiro atoms. The largest absolute Gasteiger partial charge is 0.465 e. The molecule has 4 heteroatoms. The first kappa shape index (κ1) is 10.3. The van der Waals surface area contributed by atoms with Crippen LogP contribution in [-0.4, -0.2) is 17.2 Å². The first-order chi connectivity index (χ1) is 7.18. The normalized spacial score (nSPS) is 24.3. The lowest BCUT2D eigenvalue weighted by Crippen LogP contribution is -2.39. The lowest BCUT2D eigenvalue weighted by Gasteiger charge is -2.29. The minimum Gasteiger partial charge on any atom is -0.465 e. The molecule has 0 radical (unpaired) electrons. The quantitative estimate of drug-likeness (QED) is 0.722. The second-order valence-electron chi connectivity index (χ2n) is 3.70. The molecule has 1 amide bonds. The number of fused-ring (bicyclic) bond motifs is 1. The monoisotopic (exact) mass is 225 g/mol. The van der Waals surface area contributed by atoms with Crippen molar-refractivity contribution in [2.24, 2.45) is 0 Å². The molecule has 3 nitrogen and oxygen atoms in total. The Morgan fingerprint density at radius 1 is 1.47 bits per heavy atom. The van der Waals surface area contributed by atoms with Gasteiger partial charge in [-0.15, -0.1) is 11.6 Å². The van der Waals surface area contributed by atoms with Gasteiger partial charge in [0.25, 0.3) is 0 Å². The maximum absolute atomic E-state index is 10.6.